The van der Waals surface area contributed by atoms with E-state index in [-0.39, 0.29) is 6.04 Å². The number of anilines is 1. The first-order valence-corrected chi connectivity index (χ1v) is 6.88. The average molecular weight is 264 g/mol. The van der Waals surface area contributed by atoms with E-state index in [1.807, 2.05) is 32.2 Å². The molecule has 1 saturated heterocycles. The van der Waals surface area contributed by atoms with Crippen molar-refractivity contribution in [3.63, 3.8) is 0 Å². The van der Waals surface area contributed by atoms with Crippen LogP contribution >= 0.6 is 0 Å². The Balaban J connectivity index is 2.13. The molecule has 3 N–H and O–H groups in total. The van der Waals surface area contributed by atoms with Crippen molar-refractivity contribution >= 4 is 5.69 Å². The van der Waals surface area contributed by atoms with Gasteiger partial charge in [0.05, 0.1) is 5.60 Å². The lowest BCUT2D eigenvalue weighted by Crippen LogP contribution is -2.46. The van der Waals surface area contributed by atoms with Gasteiger partial charge in [-0.3, -0.25) is 0 Å². The van der Waals surface area contributed by atoms with Gasteiger partial charge in [0.25, 0.3) is 0 Å². The van der Waals surface area contributed by atoms with E-state index in [0.717, 1.165) is 11.3 Å². The van der Waals surface area contributed by atoms with Crippen molar-refractivity contribution in [2.75, 3.05) is 31.7 Å². The molecule has 4 heteroatoms. The minimum absolute atomic E-state index is 0.0111. The van der Waals surface area contributed by atoms with Gasteiger partial charge in [-0.2, -0.15) is 0 Å². The molecule has 1 aromatic carbocycles. The molecule has 1 aromatic rings. The average Bonchev–Trinajstić information content (AvgIpc) is 2.39. The smallest absolute Gasteiger partial charge is 0.0865 e. The molecule has 1 atom stereocenters. The van der Waals surface area contributed by atoms with Crippen molar-refractivity contribution < 1.29 is 9.84 Å². The highest BCUT2D eigenvalue weighted by molar-refractivity contribution is 5.54. The van der Waals surface area contributed by atoms with Crippen molar-refractivity contribution in [1.29, 1.82) is 0 Å². The maximum Gasteiger partial charge on any atom is 0.0865 e. The Morgan fingerprint density at radius 3 is 2.63 bits per heavy atom. The van der Waals surface area contributed by atoms with Crippen molar-refractivity contribution in [3.8, 4) is 0 Å². The monoisotopic (exact) mass is 264 g/mol. The molecule has 1 fully saturated rings. The second-order valence-corrected chi connectivity index (χ2v) is 5.54. The van der Waals surface area contributed by atoms with Gasteiger partial charge >= 0.3 is 0 Å². The lowest BCUT2D eigenvalue weighted by molar-refractivity contribution is -0.0572. The van der Waals surface area contributed by atoms with Crippen LogP contribution in [0.25, 0.3) is 0 Å². The molecule has 2 rings (SSSR count). The normalized spacial score (nSPS) is 20.0. The first-order chi connectivity index (χ1) is 9.02. The van der Waals surface area contributed by atoms with Gasteiger partial charge in [0, 0.05) is 51.4 Å². The summed E-state index contributed by atoms with van der Waals surface area (Å²) in [6.45, 7) is 3.87. The fourth-order valence-electron chi connectivity index (χ4n) is 2.66. The van der Waals surface area contributed by atoms with E-state index in [1.165, 1.54) is 0 Å². The van der Waals surface area contributed by atoms with Crippen LogP contribution in [0.5, 0.6) is 0 Å². The van der Waals surface area contributed by atoms with Crippen LogP contribution in [0.1, 0.15) is 31.4 Å². The van der Waals surface area contributed by atoms with E-state index in [0.29, 0.717) is 32.6 Å². The number of nitrogens with two attached hydrogens (primary N) is 1. The number of likely N-dealkylation sites (N-methyl/N-ethyl adjacent to an activating group) is 1. The van der Waals surface area contributed by atoms with Gasteiger partial charge < -0.3 is 20.5 Å². The highest BCUT2D eigenvalue weighted by Crippen LogP contribution is 2.28. The van der Waals surface area contributed by atoms with E-state index in [9.17, 15) is 5.11 Å². The van der Waals surface area contributed by atoms with Crippen LogP contribution in [0.15, 0.2) is 24.3 Å². The predicted molar refractivity (Wildman–Crippen MR) is 77.3 cm³/mol. The Hall–Kier alpha value is -1.10. The van der Waals surface area contributed by atoms with Crippen LogP contribution in [0.4, 0.5) is 5.69 Å². The first kappa shape index (κ1) is 14.3. The molecular formula is C15H24N2O2. The van der Waals surface area contributed by atoms with E-state index in [1.54, 1.807) is 0 Å². The van der Waals surface area contributed by atoms with Crippen LogP contribution < -0.4 is 10.6 Å². The van der Waals surface area contributed by atoms with Gasteiger partial charge in [-0.25, -0.2) is 0 Å². The fraction of sp³-hybridized carbons (Fsp3) is 0.600. The quantitative estimate of drug-likeness (QED) is 0.869. The molecular weight excluding hydrogens is 240 g/mol. The van der Waals surface area contributed by atoms with Gasteiger partial charge in [-0.05, 0) is 18.6 Å². The molecule has 0 aliphatic carbocycles. The molecule has 0 amide bonds. The fourth-order valence-corrected chi connectivity index (χ4v) is 2.66. The molecule has 0 spiro atoms. The number of benzene rings is 1. The highest BCUT2D eigenvalue weighted by atomic mass is 16.5. The molecule has 1 heterocycles. The molecule has 0 unspecified atom stereocenters. The Morgan fingerprint density at radius 1 is 1.37 bits per heavy atom. The number of rotatable bonds is 4. The Kier molecular flexibility index (Phi) is 4.45. The molecule has 0 aromatic heterocycles. The van der Waals surface area contributed by atoms with E-state index in [4.69, 9.17) is 10.5 Å². The number of hydrogen-bond acceptors (Lipinski definition) is 4. The Bertz CT molecular complexity index is 414. The maximum absolute atomic E-state index is 10.6. The van der Waals surface area contributed by atoms with Crippen molar-refractivity contribution in [1.82, 2.24) is 0 Å². The van der Waals surface area contributed by atoms with Gasteiger partial charge in [0.1, 0.15) is 0 Å². The van der Waals surface area contributed by atoms with E-state index >= 15 is 0 Å². The molecule has 1 aliphatic rings. The highest BCUT2D eigenvalue weighted by Gasteiger charge is 2.31. The number of nitrogens with zero attached hydrogens (tertiary/aromatic N) is 1. The lowest BCUT2D eigenvalue weighted by Gasteiger charge is -2.37. The number of aliphatic hydroxyl groups is 1. The molecule has 0 bridgehead atoms. The Morgan fingerprint density at radius 2 is 2.00 bits per heavy atom. The lowest BCUT2D eigenvalue weighted by atomic mass is 9.93. The third-order valence-electron chi connectivity index (χ3n) is 3.79. The van der Waals surface area contributed by atoms with Gasteiger partial charge in [0.2, 0.25) is 0 Å². The van der Waals surface area contributed by atoms with Gasteiger partial charge in [-0.1, -0.05) is 18.2 Å². The summed E-state index contributed by atoms with van der Waals surface area (Å²) in [5, 5.41) is 10.6. The van der Waals surface area contributed by atoms with Gasteiger partial charge in [0.15, 0.2) is 0 Å². The second kappa shape index (κ2) is 5.90. The summed E-state index contributed by atoms with van der Waals surface area (Å²) in [5.41, 5.74) is 7.56. The predicted octanol–water partition coefficient (Wildman–Crippen LogP) is 1.68. The minimum atomic E-state index is -0.655. The molecule has 4 nitrogen and oxygen atoms in total. The van der Waals surface area contributed by atoms with Crippen LogP contribution in [-0.2, 0) is 4.74 Å². The van der Waals surface area contributed by atoms with Gasteiger partial charge in [-0.15, -0.1) is 0 Å². The first-order valence-electron chi connectivity index (χ1n) is 6.88. The SMILES string of the molecule is C[C@@H](N)c1ccccc1N(C)CC1(O)CCOCC1. The minimum Gasteiger partial charge on any atom is -0.388 e. The third-order valence-corrected chi connectivity index (χ3v) is 3.79. The van der Waals surface area contributed by atoms with Crippen LogP contribution in [0.2, 0.25) is 0 Å². The zero-order valence-electron chi connectivity index (χ0n) is 11.8. The summed E-state index contributed by atoms with van der Waals surface area (Å²) < 4.78 is 5.32. The summed E-state index contributed by atoms with van der Waals surface area (Å²) in [7, 11) is 2.01. The van der Waals surface area contributed by atoms with Crippen LogP contribution in [0, 0.1) is 0 Å². The number of para-hydroxylation sites is 1. The summed E-state index contributed by atoms with van der Waals surface area (Å²) in [6, 6.07) is 8.10. The Labute approximate surface area is 115 Å². The molecule has 0 radical (unpaired) electrons. The maximum atomic E-state index is 10.6. The molecule has 1 aliphatic heterocycles. The van der Waals surface area contributed by atoms with Crippen LogP contribution in [0.3, 0.4) is 0 Å². The number of ether oxygens (including phenoxy) is 1. The zero-order chi connectivity index (χ0) is 13.9. The second-order valence-electron chi connectivity index (χ2n) is 5.54. The summed E-state index contributed by atoms with van der Waals surface area (Å²) >= 11 is 0. The molecule has 19 heavy (non-hydrogen) atoms. The largest absolute Gasteiger partial charge is 0.388 e. The summed E-state index contributed by atoms with van der Waals surface area (Å²) in [4.78, 5) is 2.10. The summed E-state index contributed by atoms with van der Waals surface area (Å²) in [6.07, 6.45) is 1.38. The standard InChI is InChI=1S/C15H24N2O2/c1-12(16)13-5-3-4-6-14(13)17(2)11-15(18)7-9-19-10-8-15/h3-6,12,18H,7-11,16H2,1-2H3/t12-/m1/s1. The topological polar surface area (TPSA) is 58.7 Å². The van der Waals surface area contributed by atoms with Crippen molar-refractivity contribution in [3.05, 3.63) is 29.8 Å². The summed E-state index contributed by atoms with van der Waals surface area (Å²) in [5.74, 6) is 0. The third kappa shape index (κ3) is 3.47. The van der Waals surface area contributed by atoms with Crippen LogP contribution in [-0.4, -0.2) is 37.5 Å². The molecule has 0 saturated carbocycles. The van der Waals surface area contributed by atoms with E-state index in [2.05, 4.69) is 11.0 Å². The van der Waals surface area contributed by atoms with E-state index < -0.39 is 5.60 Å². The van der Waals surface area contributed by atoms with Crippen molar-refractivity contribution in [2.24, 2.45) is 5.73 Å². The van der Waals surface area contributed by atoms with Crippen molar-refractivity contribution in [2.45, 2.75) is 31.4 Å². The molecule has 106 valence electrons. The zero-order valence-corrected chi connectivity index (χ0v) is 11.8. The number of hydrogen-bond donors (Lipinski definition) is 2.